The van der Waals surface area contributed by atoms with E-state index in [1.807, 2.05) is 0 Å². The van der Waals surface area contributed by atoms with Crippen molar-refractivity contribution >= 4 is 43.2 Å². The summed E-state index contributed by atoms with van der Waals surface area (Å²) in [5.41, 5.74) is 0.365. The highest BCUT2D eigenvalue weighted by molar-refractivity contribution is 8.10. The number of nitro benzene ring substituents is 2. The average molecular weight is 438 g/mol. The first-order valence-corrected chi connectivity index (χ1v) is 11.2. The van der Waals surface area contributed by atoms with Gasteiger partial charge in [0.25, 0.3) is 11.4 Å². The largest absolute Gasteiger partial charge is 0.269 e. The molecule has 0 aromatic heterocycles. The Hall–Kier alpha value is -3.38. The van der Waals surface area contributed by atoms with E-state index in [1.54, 1.807) is 0 Å². The Kier molecular flexibility index (Phi) is 6.61. The van der Waals surface area contributed by atoms with E-state index in [0.717, 1.165) is 12.2 Å². The second-order valence-electron chi connectivity index (χ2n) is 5.75. The fourth-order valence-corrected chi connectivity index (χ4v) is 5.28. The van der Waals surface area contributed by atoms with Crippen LogP contribution in [0.2, 0.25) is 0 Å². The zero-order chi connectivity index (χ0) is 21.7. The molecule has 152 valence electrons. The summed E-state index contributed by atoms with van der Waals surface area (Å²) < 4.78 is 48.2. The van der Waals surface area contributed by atoms with Gasteiger partial charge >= 0.3 is 0 Å². The molecule has 2 aromatic carbocycles. The van der Waals surface area contributed by atoms with Gasteiger partial charge in [0.15, 0.2) is 24.8 Å². The molecule has 12 heteroatoms. The van der Waals surface area contributed by atoms with E-state index in [0.29, 0.717) is 21.9 Å². The van der Waals surface area contributed by atoms with E-state index in [9.17, 15) is 37.1 Å². The molecule has 29 heavy (non-hydrogen) atoms. The molecule has 0 aliphatic carbocycles. The van der Waals surface area contributed by atoms with Crippen molar-refractivity contribution in [3.05, 3.63) is 90.7 Å². The summed E-state index contributed by atoms with van der Waals surface area (Å²) in [4.78, 5) is 20.0. The Bertz CT molecular complexity index is 1090. The van der Waals surface area contributed by atoms with E-state index in [4.69, 9.17) is 0 Å². The molecule has 0 amide bonds. The van der Waals surface area contributed by atoms with Crippen LogP contribution in [0.1, 0.15) is 11.1 Å². The van der Waals surface area contributed by atoms with Crippen molar-refractivity contribution in [1.82, 2.24) is 0 Å². The maximum atomic E-state index is 12.0. The van der Waals surface area contributed by atoms with Crippen LogP contribution in [-0.2, 0) is 19.7 Å². The lowest BCUT2D eigenvalue weighted by Crippen LogP contribution is -2.11. The second-order valence-corrected chi connectivity index (χ2v) is 9.88. The molecule has 0 fully saturated rings. The number of hydrogen-bond acceptors (Lipinski definition) is 8. The Morgan fingerprint density at radius 3 is 1.24 bits per heavy atom. The third-order valence-corrected chi connectivity index (χ3v) is 7.20. The number of hydrogen-bond donors (Lipinski definition) is 0. The van der Waals surface area contributed by atoms with Crippen molar-refractivity contribution < 1.29 is 26.7 Å². The lowest BCUT2D eigenvalue weighted by molar-refractivity contribution is -0.385. The summed E-state index contributed by atoms with van der Waals surface area (Å²) in [7, 11) is -8.26. The monoisotopic (exact) mass is 438 g/mol. The molecule has 10 nitrogen and oxygen atoms in total. The van der Waals surface area contributed by atoms with E-state index in [1.165, 1.54) is 48.5 Å². The minimum absolute atomic E-state index is 0.163. The fraction of sp³-hybridized carbons (Fsp3) is 0.0588. The van der Waals surface area contributed by atoms with Crippen molar-refractivity contribution in [1.29, 1.82) is 0 Å². The van der Waals surface area contributed by atoms with Crippen molar-refractivity contribution in [2.45, 2.75) is 0 Å². The van der Waals surface area contributed by atoms with Crippen LogP contribution in [0.15, 0.2) is 59.3 Å². The van der Waals surface area contributed by atoms with Gasteiger partial charge in [-0.2, -0.15) is 0 Å². The molecular weight excluding hydrogens is 424 g/mol. The zero-order valence-corrected chi connectivity index (χ0v) is 16.2. The molecule has 0 saturated carbocycles. The molecule has 0 bridgehead atoms. The molecule has 2 aromatic rings. The van der Waals surface area contributed by atoms with Gasteiger partial charge in [-0.05, 0) is 47.5 Å². The molecule has 0 heterocycles. The molecule has 0 unspecified atom stereocenters. The smallest absolute Gasteiger partial charge is 0.258 e. The average Bonchev–Trinajstić information content (AvgIpc) is 2.65. The second kappa shape index (κ2) is 8.75. The normalized spacial score (nSPS) is 12.4. The van der Waals surface area contributed by atoms with E-state index in [-0.39, 0.29) is 11.4 Å². The minimum Gasteiger partial charge on any atom is -0.258 e. The lowest BCUT2D eigenvalue weighted by atomic mass is 10.2. The van der Waals surface area contributed by atoms with E-state index >= 15 is 0 Å². The lowest BCUT2D eigenvalue weighted by Gasteiger charge is -1.99. The molecule has 0 radical (unpaired) electrons. The van der Waals surface area contributed by atoms with Gasteiger partial charge in [-0.25, -0.2) is 16.8 Å². The number of sulfone groups is 2. The van der Waals surface area contributed by atoms with Crippen LogP contribution in [0, 0.1) is 20.2 Å². The summed E-state index contributed by atoms with van der Waals surface area (Å²) in [6.45, 7) is 0. The topological polar surface area (TPSA) is 155 Å². The first-order valence-electron chi connectivity index (χ1n) is 7.78. The number of benzene rings is 2. The van der Waals surface area contributed by atoms with Gasteiger partial charge in [-0.3, -0.25) is 20.2 Å². The summed E-state index contributed by atoms with van der Waals surface area (Å²) >= 11 is 0. The van der Waals surface area contributed by atoms with Crippen LogP contribution in [0.25, 0.3) is 12.2 Å². The molecule has 0 aliphatic rings. The Balaban J connectivity index is 2.09. The summed E-state index contributed by atoms with van der Waals surface area (Å²) in [6.07, 6.45) is 2.27. The van der Waals surface area contributed by atoms with Gasteiger partial charge in [0.05, 0.1) is 9.85 Å². The molecule has 2 rings (SSSR count). The van der Waals surface area contributed by atoms with Crippen molar-refractivity contribution in [2.24, 2.45) is 0 Å². The highest BCUT2D eigenvalue weighted by Crippen LogP contribution is 2.15. The zero-order valence-electron chi connectivity index (χ0n) is 14.6. The number of rotatable bonds is 8. The molecule has 0 saturated heterocycles. The SMILES string of the molecule is O=[N+]([O-])c1ccc(/C=C/S(=O)(=O)CS(=O)(=O)/C=C/c2ccc([N+](=O)[O-])cc2)cc1. The quantitative estimate of drug-likeness (QED) is 0.450. The summed E-state index contributed by atoms with van der Waals surface area (Å²) in [5, 5.41) is 21.4. The van der Waals surface area contributed by atoms with Gasteiger partial charge in [0.2, 0.25) is 0 Å². The number of non-ortho nitro benzene ring substituents is 2. The van der Waals surface area contributed by atoms with Crippen LogP contribution in [0.4, 0.5) is 11.4 Å². The third-order valence-electron chi connectivity index (χ3n) is 3.47. The highest BCUT2D eigenvalue weighted by atomic mass is 32.3. The fourth-order valence-electron chi connectivity index (χ4n) is 2.09. The molecule has 0 aliphatic heterocycles. The molecular formula is C17H14N2O8S2. The molecule has 0 N–H and O–H groups in total. The van der Waals surface area contributed by atoms with Crippen LogP contribution in [0.5, 0.6) is 0 Å². The predicted octanol–water partition coefficient (Wildman–Crippen LogP) is 2.93. The third kappa shape index (κ3) is 6.93. The summed E-state index contributed by atoms with van der Waals surface area (Å²) in [6, 6.07) is 10.1. The van der Waals surface area contributed by atoms with Crippen LogP contribution >= 0.6 is 0 Å². The van der Waals surface area contributed by atoms with Gasteiger partial charge < -0.3 is 0 Å². The minimum atomic E-state index is -4.13. The summed E-state index contributed by atoms with van der Waals surface area (Å²) in [5.74, 6) is 0. The van der Waals surface area contributed by atoms with Crippen molar-refractivity contribution in [2.75, 3.05) is 5.08 Å². The van der Waals surface area contributed by atoms with Crippen LogP contribution in [-0.4, -0.2) is 31.8 Å². The van der Waals surface area contributed by atoms with Crippen LogP contribution < -0.4 is 0 Å². The van der Waals surface area contributed by atoms with E-state index < -0.39 is 34.6 Å². The maximum absolute atomic E-state index is 12.0. The van der Waals surface area contributed by atoms with Gasteiger partial charge in [-0.15, -0.1) is 0 Å². The van der Waals surface area contributed by atoms with Gasteiger partial charge in [0.1, 0.15) is 0 Å². The Morgan fingerprint density at radius 2 is 0.966 bits per heavy atom. The Morgan fingerprint density at radius 1 is 0.655 bits per heavy atom. The standard InChI is InChI=1S/C17H14N2O8S2/c20-18(21)16-5-1-14(2-6-16)9-11-28(24,25)13-29(26,27)12-10-15-3-7-17(8-4-15)19(22)23/h1-12H,13H2/b11-9+,12-10+. The Labute approximate surface area is 165 Å². The van der Waals surface area contributed by atoms with Crippen molar-refractivity contribution in [3.8, 4) is 0 Å². The maximum Gasteiger partial charge on any atom is 0.269 e. The molecule has 0 spiro atoms. The number of nitro groups is 2. The van der Waals surface area contributed by atoms with Crippen LogP contribution in [0.3, 0.4) is 0 Å². The van der Waals surface area contributed by atoms with Crippen molar-refractivity contribution in [3.63, 3.8) is 0 Å². The molecule has 0 atom stereocenters. The van der Waals surface area contributed by atoms with Gasteiger partial charge in [0, 0.05) is 35.1 Å². The van der Waals surface area contributed by atoms with Gasteiger partial charge in [-0.1, -0.05) is 0 Å². The number of nitrogens with zero attached hydrogens (tertiary/aromatic N) is 2. The van der Waals surface area contributed by atoms with E-state index in [2.05, 4.69) is 0 Å². The highest BCUT2D eigenvalue weighted by Gasteiger charge is 2.17. The predicted molar refractivity (Wildman–Crippen MR) is 107 cm³/mol. The first kappa shape index (κ1) is 21.9. The first-order chi connectivity index (χ1) is 13.5.